The molecule has 0 saturated carbocycles. The second kappa shape index (κ2) is 5.16. The molecule has 0 atom stereocenters. The molecule has 0 saturated heterocycles. The molecule has 42 valence electrons. The minimum absolute atomic E-state index is 0.862. The van der Waals surface area contributed by atoms with E-state index in [2.05, 4.69) is 23.6 Å². The molecule has 0 N–H and O–H groups in total. The first-order valence-corrected chi connectivity index (χ1v) is 2.73. The van der Waals surface area contributed by atoms with Crippen LogP contribution in [-0.4, -0.2) is 13.8 Å². The summed E-state index contributed by atoms with van der Waals surface area (Å²) in [7, 11) is 1.53. The first kappa shape index (κ1) is 8.02. The molecule has 0 bridgehead atoms. The molecule has 0 aliphatic heterocycles. The number of allylic oxidation sites excluding steroid dienone is 1. The average Bonchev–Trinajstić information content (AvgIpc) is 1.66. The van der Waals surface area contributed by atoms with E-state index in [4.69, 9.17) is 0 Å². The fraction of sp³-hybridized carbons (Fsp3) is 0.500. The van der Waals surface area contributed by atoms with Crippen LogP contribution < -0.4 is 0 Å². The van der Waals surface area contributed by atoms with Crippen molar-refractivity contribution in [2.45, 2.75) is 13.2 Å². The molecule has 0 rings (SSSR count). The van der Waals surface area contributed by atoms with Gasteiger partial charge in [-0.15, -0.1) is 0 Å². The topological polar surface area (TPSA) is 9.23 Å². The van der Waals surface area contributed by atoms with Gasteiger partial charge in [0, 0.05) is 0 Å². The van der Waals surface area contributed by atoms with Gasteiger partial charge in [0.15, 0.2) is 0 Å². The zero-order valence-corrected chi connectivity index (χ0v) is 5.82. The van der Waals surface area contributed by atoms with Gasteiger partial charge in [0.05, 0.1) is 0 Å². The molecular weight excluding hydrogens is 118 g/mol. The van der Waals surface area contributed by atoms with Crippen LogP contribution in [0.25, 0.3) is 0 Å². The van der Waals surface area contributed by atoms with Crippen molar-refractivity contribution in [2.75, 3.05) is 0 Å². The van der Waals surface area contributed by atoms with Crippen LogP contribution in [0.1, 0.15) is 6.92 Å². The maximum absolute atomic E-state index is 4.36. The summed E-state index contributed by atoms with van der Waals surface area (Å²) in [6, 6.07) is 0. The third kappa shape index (κ3) is 6.02. The molecular formula is C4H8B2OS. The normalized spacial score (nSPS) is 7.75. The summed E-state index contributed by atoms with van der Waals surface area (Å²) in [5.74, 6) is 0. The van der Waals surface area contributed by atoms with Crippen LogP contribution in [0.15, 0.2) is 12.2 Å². The molecule has 0 spiro atoms. The molecule has 8 heavy (non-hydrogen) atoms. The predicted molar refractivity (Wildman–Crippen MR) is 41.2 cm³/mol. The summed E-state index contributed by atoms with van der Waals surface area (Å²) < 4.78 is 4.36. The third-order valence-electron chi connectivity index (χ3n) is 0.623. The van der Waals surface area contributed by atoms with E-state index in [9.17, 15) is 0 Å². The maximum atomic E-state index is 4.36. The van der Waals surface area contributed by atoms with E-state index in [1.807, 2.05) is 13.7 Å². The standard InChI is InChI=1S/C4H8B2OS/c1-4(2)3-5-6-7-8/h8H,1,3H2,2H3. The van der Waals surface area contributed by atoms with E-state index in [1.165, 1.54) is 7.00 Å². The quantitative estimate of drug-likeness (QED) is 0.257. The Bertz CT molecular complexity index is 102. The Morgan fingerprint density at radius 3 is 2.88 bits per heavy atom. The van der Waals surface area contributed by atoms with Gasteiger partial charge in [-0.3, -0.25) is 0 Å². The average molecular weight is 126 g/mol. The van der Waals surface area contributed by atoms with Crippen LogP contribution in [-0.2, 0) is 4.10 Å². The van der Waals surface area contributed by atoms with Crippen molar-refractivity contribution in [3.8, 4) is 0 Å². The van der Waals surface area contributed by atoms with Crippen LogP contribution in [0.3, 0.4) is 0 Å². The first-order chi connectivity index (χ1) is 3.77. The Hall–Kier alpha value is 0.0199. The van der Waals surface area contributed by atoms with Gasteiger partial charge in [0.1, 0.15) is 0 Å². The van der Waals surface area contributed by atoms with Crippen LogP contribution in [0, 0.1) is 0 Å². The molecule has 0 aromatic heterocycles. The van der Waals surface area contributed by atoms with Crippen LogP contribution >= 0.6 is 12.9 Å². The molecule has 0 unspecified atom stereocenters. The Morgan fingerprint density at radius 1 is 1.88 bits per heavy atom. The van der Waals surface area contributed by atoms with Crippen LogP contribution in [0.4, 0.5) is 0 Å². The molecule has 0 aromatic carbocycles. The molecule has 0 heterocycles. The third-order valence-corrected chi connectivity index (χ3v) is 0.745. The van der Waals surface area contributed by atoms with Crippen molar-refractivity contribution in [3.63, 3.8) is 0 Å². The Labute approximate surface area is 56.9 Å². The predicted octanol–water partition coefficient (Wildman–Crippen LogP) is 1.08. The SMILES string of the molecule is C=C(C)CB=BOS. The van der Waals surface area contributed by atoms with Gasteiger partial charge in [-0.2, -0.15) is 0 Å². The van der Waals surface area contributed by atoms with Gasteiger partial charge < -0.3 is 0 Å². The molecule has 0 fully saturated rings. The zero-order valence-electron chi connectivity index (χ0n) is 4.92. The van der Waals surface area contributed by atoms with Crippen LogP contribution in [0.2, 0.25) is 6.32 Å². The second-order valence-corrected chi connectivity index (χ2v) is 1.85. The van der Waals surface area contributed by atoms with E-state index < -0.39 is 0 Å². The number of hydrogen-bond donors (Lipinski definition) is 1. The number of hydrogen-bond acceptors (Lipinski definition) is 2. The van der Waals surface area contributed by atoms with Gasteiger partial charge in [0.2, 0.25) is 0 Å². The first-order valence-electron chi connectivity index (χ1n) is 2.37. The van der Waals surface area contributed by atoms with E-state index in [0.717, 1.165) is 11.9 Å². The van der Waals surface area contributed by atoms with E-state index >= 15 is 0 Å². The van der Waals surface area contributed by atoms with E-state index in [1.54, 1.807) is 0 Å². The summed E-state index contributed by atoms with van der Waals surface area (Å²) in [5.41, 5.74) is 1.12. The van der Waals surface area contributed by atoms with Crippen molar-refractivity contribution < 1.29 is 4.10 Å². The molecule has 1 nitrogen and oxygen atoms in total. The van der Waals surface area contributed by atoms with Gasteiger partial charge >= 0.3 is 56.2 Å². The second-order valence-electron chi connectivity index (χ2n) is 1.64. The fourth-order valence-electron chi connectivity index (χ4n) is 0.292. The van der Waals surface area contributed by atoms with Crippen LogP contribution in [0.5, 0.6) is 0 Å². The zero-order chi connectivity index (χ0) is 6.41. The van der Waals surface area contributed by atoms with Gasteiger partial charge in [-0.1, -0.05) is 0 Å². The molecule has 0 amide bonds. The minimum atomic E-state index is 0.862. The number of rotatable bonds is 3. The van der Waals surface area contributed by atoms with Crippen molar-refractivity contribution in [1.82, 2.24) is 0 Å². The Morgan fingerprint density at radius 2 is 2.50 bits per heavy atom. The van der Waals surface area contributed by atoms with Gasteiger partial charge in [0.25, 0.3) is 0 Å². The van der Waals surface area contributed by atoms with Gasteiger partial charge in [-0.25, -0.2) is 0 Å². The van der Waals surface area contributed by atoms with Crippen molar-refractivity contribution in [3.05, 3.63) is 12.2 Å². The summed E-state index contributed by atoms with van der Waals surface area (Å²) in [5, 5.41) is 0. The summed E-state index contributed by atoms with van der Waals surface area (Å²) in [6.45, 7) is 7.51. The molecule has 0 aliphatic carbocycles. The molecule has 4 heteroatoms. The fourth-order valence-corrected chi connectivity index (χ4v) is 0.378. The number of thiol groups is 1. The molecule has 0 aliphatic rings. The summed E-state index contributed by atoms with van der Waals surface area (Å²) >= 11 is 3.51. The van der Waals surface area contributed by atoms with E-state index in [0.29, 0.717) is 0 Å². The van der Waals surface area contributed by atoms with E-state index in [-0.39, 0.29) is 0 Å². The van der Waals surface area contributed by atoms with Crippen molar-refractivity contribution in [2.24, 2.45) is 0 Å². The summed E-state index contributed by atoms with van der Waals surface area (Å²) in [4.78, 5) is 0. The molecule has 0 radical (unpaired) electrons. The van der Waals surface area contributed by atoms with Crippen molar-refractivity contribution in [1.29, 1.82) is 0 Å². The Balaban J connectivity index is 3.16. The van der Waals surface area contributed by atoms with Crippen molar-refractivity contribution >= 4 is 26.7 Å². The summed E-state index contributed by atoms with van der Waals surface area (Å²) in [6.07, 6.45) is 0.862. The van der Waals surface area contributed by atoms with Gasteiger partial charge in [-0.05, 0) is 0 Å². The monoisotopic (exact) mass is 126 g/mol. The Kier molecular flexibility index (Phi) is 5.18. The molecule has 0 aromatic rings.